The molecule has 4 N–H and O–H groups in total. The smallest absolute Gasteiger partial charge is 0.312 e. The maximum absolute atomic E-state index is 13.4. The third kappa shape index (κ3) is 3.27. The molecule has 0 radical (unpaired) electrons. The summed E-state index contributed by atoms with van der Waals surface area (Å²) in [5.41, 5.74) is 3.63. The zero-order valence-corrected chi connectivity index (χ0v) is 9.07. The van der Waals surface area contributed by atoms with E-state index in [0.29, 0.717) is 6.07 Å². The highest BCUT2D eigenvalue weighted by atomic mass is 19.2. The standard InChI is InChI=1S/C9H10F2N4O3/c10-5-1-2-6(15(17)18)8(7(5)11)13-3-4-14-9(12)16/h1-2,13H,3-4H2,(H3,12,14,16). The number of urea groups is 1. The van der Waals surface area contributed by atoms with E-state index in [1.165, 1.54) is 0 Å². The Balaban J connectivity index is 2.82. The molecule has 0 fully saturated rings. The van der Waals surface area contributed by atoms with E-state index in [1.807, 2.05) is 0 Å². The van der Waals surface area contributed by atoms with Crippen molar-refractivity contribution in [3.05, 3.63) is 33.9 Å². The fourth-order valence-electron chi connectivity index (χ4n) is 1.23. The van der Waals surface area contributed by atoms with Crippen molar-refractivity contribution in [3.8, 4) is 0 Å². The fourth-order valence-corrected chi connectivity index (χ4v) is 1.23. The first kappa shape index (κ1) is 13.6. The summed E-state index contributed by atoms with van der Waals surface area (Å²) in [6.45, 7) is -0.0212. The molecule has 2 amide bonds. The van der Waals surface area contributed by atoms with Gasteiger partial charge in [0.05, 0.1) is 4.92 Å². The number of rotatable bonds is 5. The van der Waals surface area contributed by atoms with Gasteiger partial charge in [-0.2, -0.15) is 0 Å². The number of hydrogen-bond donors (Lipinski definition) is 3. The molecule has 0 unspecified atom stereocenters. The van der Waals surface area contributed by atoms with Crippen LogP contribution >= 0.6 is 0 Å². The van der Waals surface area contributed by atoms with Gasteiger partial charge in [0.15, 0.2) is 17.3 Å². The van der Waals surface area contributed by atoms with Gasteiger partial charge in [-0.05, 0) is 6.07 Å². The summed E-state index contributed by atoms with van der Waals surface area (Å²) < 4.78 is 26.3. The molecular formula is C9H10F2N4O3. The molecule has 0 spiro atoms. The Hall–Kier alpha value is -2.45. The predicted octanol–water partition coefficient (Wildman–Crippen LogP) is 0.953. The van der Waals surface area contributed by atoms with Gasteiger partial charge in [0.2, 0.25) is 0 Å². The van der Waals surface area contributed by atoms with Crippen LogP contribution < -0.4 is 16.4 Å². The number of anilines is 1. The van der Waals surface area contributed by atoms with Gasteiger partial charge in [-0.3, -0.25) is 10.1 Å². The van der Waals surface area contributed by atoms with E-state index in [2.05, 4.69) is 10.6 Å². The first-order valence-electron chi connectivity index (χ1n) is 4.83. The lowest BCUT2D eigenvalue weighted by molar-refractivity contribution is -0.384. The molecule has 0 saturated heterocycles. The van der Waals surface area contributed by atoms with Gasteiger partial charge in [0.25, 0.3) is 5.69 Å². The molecule has 9 heteroatoms. The Morgan fingerprint density at radius 1 is 1.39 bits per heavy atom. The van der Waals surface area contributed by atoms with Crippen LogP contribution in [0.25, 0.3) is 0 Å². The Bertz CT molecular complexity index is 481. The average Bonchev–Trinajstić information content (AvgIpc) is 2.29. The van der Waals surface area contributed by atoms with Crippen molar-refractivity contribution in [2.24, 2.45) is 5.73 Å². The number of nitrogens with one attached hydrogen (secondary N) is 2. The number of primary amides is 1. The quantitative estimate of drug-likeness (QED) is 0.416. The molecule has 0 heterocycles. The summed E-state index contributed by atoms with van der Waals surface area (Å²) in [5.74, 6) is -2.55. The summed E-state index contributed by atoms with van der Waals surface area (Å²) in [5, 5.41) is 15.1. The first-order valence-corrected chi connectivity index (χ1v) is 4.83. The lowest BCUT2D eigenvalue weighted by Gasteiger charge is -2.08. The number of nitrogens with two attached hydrogens (primary N) is 1. The summed E-state index contributed by atoms with van der Waals surface area (Å²) in [6, 6.07) is 0.730. The van der Waals surface area contributed by atoms with Crippen LogP contribution in [0.15, 0.2) is 12.1 Å². The highest BCUT2D eigenvalue weighted by molar-refractivity contribution is 5.71. The number of carbonyl (C=O) groups excluding carboxylic acids is 1. The van der Waals surface area contributed by atoms with Gasteiger partial charge in [-0.25, -0.2) is 13.6 Å². The number of amides is 2. The van der Waals surface area contributed by atoms with Crippen LogP contribution in [0.5, 0.6) is 0 Å². The number of nitro groups is 1. The number of nitrogens with zero attached hydrogens (tertiary/aromatic N) is 1. The van der Waals surface area contributed by atoms with Crippen LogP contribution in [-0.4, -0.2) is 24.0 Å². The molecule has 0 aliphatic rings. The molecule has 0 atom stereocenters. The normalized spacial score (nSPS) is 9.89. The molecule has 0 bridgehead atoms. The average molecular weight is 260 g/mol. The van der Waals surface area contributed by atoms with E-state index in [1.54, 1.807) is 0 Å². The van der Waals surface area contributed by atoms with Crippen LogP contribution in [0.4, 0.5) is 25.0 Å². The van der Waals surface area contributed by atoms with Crippen molar-refractivity contribution in [3.63, 3.8) is 0 Å². The number of hydrogen-bond acceptors (Lipinski definition) is 4. The summed E-state index contributed by atoms with van der Waals surface area (Å²) >= 11 is 0. The maximum Gasteiger partial charge on any atom is 0.312 e. The lowest BCUT2D eigenvalue weighted by Crippen LogP contribution is -2.33. The number of nitro benzene ring substituents is 1. The summed E-state index contributed by atoms with van der Waals surface area (Å²) in [6.07, 6.45) is 0. The summed E-state index contributed by atoms with van der Waals surface area (Å²) in [7, 11) is 0. The summed E-state index contributed by atoms with van der Waals surface area (Å²) in [4.78, 5) is 20.1. The van der Waals surface area contributed by atoms with Gasteiger partial charge in [0.1, 0.15) is 0 Å². The number of carbonyl (C=O) groups is 1. The predicted molar refractivity (Wildman–Crippen MR) is 59.1 cm³/mol. The number of benzene rings is 1. The van der Waals surface area contributed by atoms with Crippen molar-refractivity contribution < 1.29 is 18.5 Å². The molecule has 7 nitrogen and oxygen atoms in total. The molecule has 18 heavy (non-hydrogen) atoms. The highest BCUT2D eigenvalue weighted by Gasteiger charge is 2.20. The molecule has 0 saturated carbocycles. The first-order chi connectivity index (χ1) is 8.43. The van der Waals surface area contributed by atoms with E-state index in [0.717, 1.165) is 6.07 Å². The van der Waals surface area contributed by atoms with Crippen molar-refractivity contribution in [1.82, 2.24) is 5.32 Å². The third-order valence-corrected chi connectivity index (χ3v) is 2.00. The monoisotopic (exact) mass is 260 g/mol. The van der Waals surface area contributed by atoms with Crippen LogP contribution in [-0.2, 0) is 0 Å². The third-order valence-electron chi connectivity index (χ3n) is 2.00. The van der Waals surface area contributed by atoms with Crippen LogP contribution in [0.3, 0.4) is 0 Å². The topological polar surface area (TPSA) is 110 Å². The minimum atomic E-state index is -1.34. The van der Waals surface area contributed by atoms with Gasteiger partial charge >= 0.3 is 6.03 Å². The minimum absolute atomic E-state index is 0.0163. The van der Waals surface area contributed by atoms with Crippen LogP contribution in [0.2, 0.25) is 0 Å². The fraction of sp³-hybridized carbons (Fsp3) is 0.222. The van der Waals surface area contributed by atoms with Crippen LogP contribution in [0, 0.1) is 21.7 Å². The van der Waals surface area contributed by atoms with Crippen LogP contribution in [0.1, 0.15) is 0 Å². The molecule has 98 valence electrons. The maximum atomic E-state index is 13.4. The van der Waals surface area contributed by atoms with E-state index in [-0.39, 0.29) is 13.1 Å². The van der Waals surface area contributed by atoms with Crippen molar-refractivity contribution in [2.75, 3.05) is 18.4 Å². The van der Waals surface area contributed by atoms with E-state index in [9.17, 15) is 23.7 Å². The Morgan fingerprint density at radius 3 is 2.61 bits per heavy atom. The molecule has 1 rings (SSSR count). The van der Waals surface area contributed by atoms with Gasteiger partial charge < -0.3 is 16.4 Å². The molecule has 1 aromatic rings. The second-order valence-corrected chi connectivity index (χ2v) is 3.23. The zero-order valence-electron chi connectivity index (χ0n) is 9.07. The molecule has 0 aliphatic carbocycles. The second kappa shape index (κ2) is 5.75. The lowest BCUT2D eigenvalue weighted by atomic mass is 10.2. The van der Waals surface area contributed by atoms with Gasteiger partial charge in [0, 0.05) is 19.2 Å². The highest BCUT2D eigenvalue weighted by Crippen LogP contribution is 2.28. The Kier molecular flexibility index (Phi) is 4.35. The van der Waals surface area contributed by atoms with Crippen molar-refractivity contribution in [2.45, 2.75) is 0 Å². The SMILES string of the molecule is NC(=O)NCCNc1c([N+](=O)[O-])ccc(F)c1F. The van der Waals surface area contributed by atoms with E-state index < -0.39 is 34.0 Å². The zero-order chi connectivity index (χ0) is 13.7. The van der Waals surface area contributed by atoms with E-state index in [4.69, 9.17) is 5.73 Å². The second-order valence-electron chi connectivity index (χ2n) is 3.23. The number of halogens is 2. The Labute approximate surface area is 100 Å². The molecule has 1 aromatic carbocycles. The van der Waals surface area contributed by atoms with Gasteiger partial charge in [-0.1, -0.05) is 0 Å². The largest absolute Gasteiger partial charge is 0.375 e. The van der Waals surface area contributed by atoms with Crippen molar-refractivity contribution >= 4 is 17.4 Å². The van der Waals surface area contributed by atoms with Gasteiger partial charge in [-0.15, -0.1) is 0 Å². The molecule has 0 aliphatic heterocycles. The minimum Gasteiger partial charge on any atom is -0.375 e. The van der Waals surface area contributed by atoms with E-state index >= 15 is 0 Å². The van der Waals surface area contributed by atoms with Crippen molar-refractivity contribution in [1.29, 1.82) is 0 Å². The Morgan fingerprint density at radius 2 is 2.06 bits per heavy atom. The molecular weight excluding hydrogens is 250 g/mol. The molecule has 0 aromatic heterocycles.